The van der Waals surface area contributed by atoms with Crippen LogP contribution in [-0.4, -0.2) is 12.6 Å². The molecule has 2 heteroatoms. The molecule has 0 aromatic rings. The first-order valence-corrected chi connectivity index (χ1v) is 3.88. The van der Waals surface area contributed by atoms with Crippen LogP contribution in [0.1, 0.15) is 20.8 Å². The average Bonchev–Trinajstić information content (AvgIpc) is 2.30. The lowest BCUT2D eigenvalue weighted by Crippen LogP contribution is -1.99. The van der Waals surface area contributed by atoms with Crippen molar-refractivity contribution >= 4 is 5.97 Å². The Kier molecular flexibility index (Phi) is 2.23. The molecule has 1 aliphatic heterocycles. The summed E-state index contributed by atoms with van der Waals surface area (Å²) in [7, 11) is 0. The molecule has 1 aliphatic rings. The highest BCUT2D eigenvalue weighted by Gasteiger charge is 2.11. The quantitative estimate of drug-likeness (QED) is 0.401. The lowest BCUT2D eigenvalue weighted by molar-refractivity contribution is -0.134. The van der Waals surface area contributed by atoms with Crippen LogP contribution in [0.15, 0.2) is 11.6 Å². The third kappa shape index (κ3) is 2.79. The molecule has 12 heavy (non-hydrogen) atoms. The summed E-state index contributed by atoms with van der Waals surface area (Å²) in [5, 5.41) is 0. The molecule has 0 radical (unpaired) electrons. The zero-order chi connectivity index (χ0) is 9.19. The van der Waals surface area contributed by atoms with Crippen LogP contribution < -0.4 is 0 Å². The fourth-order valence-corrected chi connectivity index (χ4v) is 0.714. The Morgan fingerprint density at radius 1 is 1.50 bits per heavy atom. The van der Waals surface area contributed by atoms with Gasteiger partial charge in [0.05, 0.1) is 0 Å². The Labute approximate surface area is 72.6 Å². The zero-order valence-corrected chi connectivity index (χ0v) is 7.60. The number of hydrogen-bond donors (Lipinski definition) is 0. The molecule has 0 aliphatic carbocycles. The van der Waals surface area contributed by atoms with E-state index in [1.807, 2.05) is 20.8 Å². The van der Waals surface area contributed by atoms with Gasteiger partial charge in [0.15, 0.2) is 0 Å². The lowest BCUT2D eigenvalue weighted by atomic mass is 9.97. The monoisotopic (exact) mass is 164 g/mol. The molecule has 1 heterocycles. The van der Waals surface area contributed by atoms with Crippen molar-refractivity contribution in [1.29, 1.82) is 0 Å². The molecule has 0 fully saturated rings. The molecule has 0 saturated heterocycles. The van der Waals surface area contributed by atoms with Gasteiger partial charge in [-0.2, -0.15) is 0 Å². The molecule has 1 rings (SSSR count). The summed E-state index contributed by atoms with van der Waals surface area (Å²) in [4.78, 5) is 10.6. The van der Waals surface area contributed by atoms with Gasteiger partial charge in [-0.25, -0.2) is 4.79 Å². The van der Waals surface area contributed by atoms with Crippen LogP contribution in [-0.2, 0) is 9.53 Å². The first-order valence-electron chi connectivity index (χ1n) is 3.88. The molecular formula is C10H12O2. The summed E-state index contributed by atoms with van der Waals surface area (Å²) in [5.74, 6) is 5.67. The molecular weight excluding hydrogens is 152 g/mol. The van der Waals surface area contributed by atoms with Crippen molar-refractivity contribution in [2.24, 2.45) is 5.41 Å². The Bertz CT molecular complexity index is 281. The second-order valence-electron chi connectivity index (χ2n) is 3.78. The van der Waals surface area contributed by atoms with Crippen molar-refractivity contribution in [3.8, 4) is 11.8 Å². The standard InChI is InChI=1S/C10H12O2/c1-10(2,3)5-4-8-6-9(11)12-7-8/h6H,7H2,1-3H3. The van der Waals surface area contributed by atoms with Crippen LogP contribution >= 0.6 is 0 Å². The van der Waals surface area contributed by atoms with E-state index >= 15 is 0 Å². The van der Waals surface area contributed by atoms with Gasteiger partial charge in [0, 0.05) is 17.1 Å². The van der Waals surface area contributed by atoms with E-state index in [9.17, 15) is 4.79 Å². The second kappa shape index (κ2) is 3.02. The summed E-state index contributed by atoms with van der Waals surface area (Å²) >= 11 is 0. The van der Waals surface area contributed by atoms with Crippen LogP contribution in [0.4, 0.5) is 0 Å². The van der Waals surface area contributed by atoms with E-state index < -0.39 is 0 Å². The minimum absolute atomic E-state index is 0.0214. The number of esters is 1. The second-order valence-corrected chi connectivity index (χ2v) is 3.78. The van der Waals surface area contributed by atoms with E-state index in [2.05, 4.69) is 11.8 Å². The fourth-order valence-electron chi connectivity index (χ4n) is 0.714. The largest absolute Gasteiger partial charge is 0.457 e. The van der Waals surface area contributed by atoms with Crippen LogP contribution in [0.5, 0.6) is 0 Å². The molecule has 2 nitrogen and oxygen atoms in total. The van der Waals surface area contributed by atoms with Crippen LogP contribution in [0.3, 0.4) is 0 Å². The zero-order valence-electron chi connectivity index (χ0n) is 7.60. The molecule has 0 atom stereocenters. The van der Waals surface area contributed by atoms with E-state index in [4.69, 9.17) is 4.74 Å². The van der Waals surface area contributed by atoms with Crippen molar-refractivity contribution in [1.82, 2.24) is 0 Å². The SMILES string of the molecule is CC(C)(C)C#CC1=CC(=O)OC1. The molecule has 0 spiro atoms. The lowest BCUT2D eigenvalue weighted by Gasteiger charge is -2.06. The van der Waals surface area contributed by atoms with Crippen LogP contribution in [0, 0.1) is 17.3 Å². The third-order valence-corrected chi connectivity index (χ3v) is 1.26. The molecule has 64 valence electrons. The van der Waals surface area contributed by atoms with E-state index in [1.165, 1.54) is 6.08 Å². The molecule has 0 N–H and O–H groups in total. The summed E-state index contributed by atoms with van der Waals surface area (Å²) < 4.78 is 4.70. The van der Waals surface area contributed by atoms with E-state index in [0.29, 0.717) is 6.61 Å². The fraction of sp³-hybridized carbons (Fsp3) is 0.500. The van der Waals surface area contributed by atoms with Gasteiger partial charge in [0.1, 0.15) is 6.61 Å². The van der Waals surface area contributed by atoms with Crippen molar-refractivity contribution in [3.63, 3.8) is 0 Å². The van der Waals surface area contributed by atoms with E-state index in [1.54, 1.807) is 0 Å². The molecule has 0 aromatic heterocycles. The van der Waals surface area contributed by atoms with Gasteiger partial charge in [-0.3, -0.25) is 0 Å². The number of cyclic esters (lactones) is 1. The summed E-state index contributed by atoms with van der Waals surface area (Å²) in [5.41, 5.74) is 0.752. The van der Waals surface area contributed by atoms with E-state index in [-0.39, 0.29) is 11.4 Å². The predicted molar refractivity (Wildman–Crippen MR) is 46.3 cm³/mol. The summed E-state index contributed by atoms with van der Waals surface area (Å²) in [6.07, 6.45) is 1.44. The highest BCUT2D eigenvalue weighted by molar-refractivity contribution is 5.86. The number of rotatable bonds is 0. The number of carbonyl (C=O) groups excluding carboxylic acids is 1. The summed E-state index contributed by atoms with van der Waals surface area (Å²) in [6, 6.07) is 0. The topological polar surface area (TPSA) is 26.3 Å². The van der Waals surface area contributed by atoms with Gasteiger partial charge < -0.3 is 4.74 Å². The average molecular weight is 164 g/mol. The Hall–Kier alpha value is -1.23. The van der Waals surface area contributed by atoms with Crippen molar-refractivity contribution in [3.05, 3.63) is 11.6 Å². The molecule has 0 saturated carbocycles. The first kappa shape index (κ1) is 8.86. The maximum atomic E-state index is 10.6. The number of carbonyl (C=O) groups is 1. The Morgan fingerprint density at radius 3 is 2.58 bits per heavy atom. The van der Waals surface area contributed by atoms with E-state index in [0.717, 1.165) is 5.57 Å². The van der Waals surface area contributed by atoms with Gasteiger partial charge in [-0.15, -0.1) is 0 Å². The molecule has 0 amide bonds. The first-order chi connectivity index (χ1) is 5.47. The van der Waals surface area contributed by atoms with Crippen molar-refractivity contribution in [2.75, 3.05) is 6.61 Å². The van der Waals surface area contributed by atoms with Gasteiger partial charge >= 0.3 is 5.97 Å². The maximum absolute atomic E-state index is 10.6. The van der Waals surface area contributed by atoms with Gasteiger partial charge in [-0.1, -0.05) is 11.8 Å². The highest BCUT2D eigenvalue weighted by atomic mass is 16.5. The highest BCUT2D eigenvalue weighted by Crippen LogP contribution is 2.11. The summed E-state index contributed by atoms with van der Waals surface area (Å²) in [6.45, 7) is 6.41. The smallest absolute Gasteiger partial charge is 0.332 e. The van der Waals surface area contributed by atoms with Crippen molar-refractivity contribution in [2.45, 2.75) is 20.8 Å². The number of hydrogen-bond acceptors (Lipinski definition) is 2. The Balaban J connectivity index is 2.67. The maximum Gasteiger partial charge on any atom is 0.332 e. The Morgan fingerprint density at radius 2 is 2.17 bits per heavy atom. The van der Waals surface area contributed by atoms with Gasteiger partial charge in [-0.05, 0) is 20.8 Å². The molecule has 0 aromatic carbocycles. The minimum Gasteiger partial charge on any atom is -0.457 e. The predicted octanol–water partition coefficient (Wildman–Crippen LogP) is 1.52. The minimum atomic E-state index is -0.284. The number of ether oxygens (including phenoxy) is 1. The third-order valence-electron chi connectivity index (χ3n) is 1.26. The van der Waals surface area contributed by atoms with Gasteiger partial charge in [0.25, 0.3) is 0 Å². The van der Waals surface area contributed by atoms with Crippen LogP contribution in [0.2, 0.25) is 0 Å². The van der Waals surface area contributed by atoms with Crippen molar-refractivity contribution < 1.29 is 9.53 Å². The van der Waals surface area contributed by atoms with Gasteiger partial charge in [0.2, 0.25) is 0 Å². The molecule has 0 bridgehead atoms. The normalized spacial score (nSPS) is 16.2. The molecule has 0 unspecified atom stereocenters. The van der Waals surface area contributed by atoms with Crippen LogP contribution in [0.25, 0.3) is 0 Å².